The Bertz CT molecular complexity index is 927. The number of carbonyl (C=O) groups excluding carboxylic acids is 1. The number of hydrogen-bond acceptors (Lipinski definition) is 2. The second-order valence-corrected chi connectivity index (χ2v) is 8.27. The Morgan fingerprint density at radius 2 is 1.32 bits per heavy atom. The summed E-state index contributed by atoms with van der Waals surface area (Å²) in [6.07, 6.45) is 0.812. The van der Waals surface area contributed by atoms with Gasteiger partial charge in [-0.3, -0.25) is 4.79 Å². The Labute approximate surface area is 186 Å². The first kappa shape index (κ1) is 22.8. The molecule has 0 saturated carbocycles. The van der Waals surface area contributed by atoms with Crippen molar-refractivity contribution in [1.82, 2.24) is 4.90 Å². The average Bonchev–Trinajstić information content (AvgIpc) is 2.84. The van der Waals surface area contributed by atoms with Crippen molar-refractivity contribution in [2.75, 3.05) is 7.05 Å². The van der Waals surface area contributed by atoms with Crippen molar-refractivity contribution in [1.29, 1.82) is 0 Å². The minimum absolute atomic E-state index is 0.0713. The molecule has 0 spiro atoms. The van der Waals surface area contributed by atoms with Gasteiger partial charge in [-0.25, -0.2) is 0 Å². The van der Waals surface area contributed by atoms with Gasteiger partial charge in [-0.05, 0) is 42.4 Å². The Morgan fingerprint density at radius 1 is 0.839 bits per heavy atom. The molecular formula is C28H33NO2. The average molecular weight is 416 g/mol. The predicted molar refractivity (Wildman–Crippen MR) is 127 cm³/mol. The van der Waals surface area contributed by atoms with Crippen LogP contribution in [0.2, 0.25) is 0 Å². The SMILES string of the molecule is CC[C@@H](c1ccccc1)[C@H](Cc1ccccc1)C(=O)N(C)[C@@H](C)[C@@H](O)c1ccccc1. The van der Waals surface area contributed by atoms with Crippen molar-refractivity contribution in [3.63, 3.8) is 0 Å². The van der Waals surface area contributed by atoms with Gasteiger partial charge in [-0.1, -0.05) is 97.9 Å². The smallest absolute Gasteiger partial charge is 0.226 e. The number of nitrogens with zero attached hydrogens (tertiary/aromatic N) is 1. The number of aliphatic hydroxyl groups is 1. The molecule has 3 heteroatoms. The van der Waals surface area contributed by atoms with Gasteiger partial charge in [0.2, 0.25) is 5.91 Å². The molecule has 1 amide bonds. The maximum Gasteiger partial charge on any atom is 0.226 e. The second kappa shape index (κ2) is 10.9. The van der Waals surface area contributed by atoms with E-state index >= 15 is 0 Å². The Morgan fingerprint density at radius 3 is 1.84 bits per heavy atom. The van der Waals surface area contributed by atoms with E-state index in [4.69, 9.17) is 0 Å². The summed E-state index contributed by atoms with van der Waals surface area (Å²) in [7, 11) is 1.81. The van der Waals surface area contributed by atoms with Gasteiger partial charge >= 0.3 is 0 Å². The van der Waals surface area contributed by atoms with Crippen molar-refractivity contribution < 1.29 is 9.90 Å². The quantitative estimate of drug-likeness (QED) is 0.493. The first-order valence-corrected chi connectivity index (χ1v) is 11.1. The Balaban J connectivity index is 1.89. The fourth-order valence-electron chi connectivity index (χ4n) is 4.33. The van der Waals surface area contributed by atoms with E-state index in [-0.39, 0.29) is 23.8 Å². The van der Waals surface area contributed by atoms with Gasteiger partial charge in [0, 0.05) is 13.0 Å². The van der Waals surface area contributed by atoms with Crippen LogP contribution in [0.1, 0.15) is 49.0 Å². The molecule has 0 aliphatic carbocycles. The van der Waals surface area contributed by atoms with Gasteiger partial charge < -0.3 is 10.0 Å². The van der Waals surface area contributed by atoms with Crippen LogP contribution >= 0.6 is 0 Å². The summed E-state index contributed by atoms with van der Waals surface area (Å²) in [4.78, 5) is 15.5. The van der Waals surface area contributed by atoms with Gasteiger partial charge in [-0.15, -0.1) is 0 Å². The van der Waals surface area contributed by atoms with Crippen LogP contribution in [0.15, 0.2) is 91.0 Å². The number of carbonyl (C=O) groups is 1. The van der Waals surface area contributed by atoms with Gasteiger partial charge in [0.15, 0.2) is 0 Å². The third kappa shape index (κ3) is 5.62. The molecule has 3 nitrogen and oxygen atoms in total. The van der Waals surface area contributed by atoms with Crippen molar-refractivity contribution in [3.8, 4) is 0 Å². The highest BCUT2D eigenvalue weighted by Gasteiger charge is 2.34. The van der Waals surface area contributed by atoms with E-state index in [0.717, 1.165) is 17.5 Å². The normalized spacial score (nSPS) is 15.0. The summed E-state index contributed by atoms with van der Waals surface area (Å²) >= 11 is 0. The largest absolute Gasteiger partial charge is 0.386 e. The number of amides is 1. The van der Waals surface area contributed by atoms with Crippen LogP contribution in [0.3, 0.4) is 0 Å². The summed E-state index contributed by atoms with van der Waals surface area (Å²) in [5.41, 5.74) is 3.16. The first-order chi connectivity index (χ1) is 15.0. The van der Waals surface area contributed by atoms with Gasteiger partial charge in [0.1, 0.15) is 0 Å². The van der Waals surface area contributed by atoms with Crippen LogP contribution in [0.4, 0.5) is 0 Å². The fourth-order valence-corrected chi connectivity index (χ4v) is 4.33. The molecule has 0 aliphatic heterocycles. The van der Waals surface area contributed by atoms with Gasteiger partial charge in [-0.2, -0.15) is 0 Å². The molecule has 3 aromatic rings. The molecule has 0 fully saturated rings. The van der Waals surface area contributed by atoms with Crippen LogP contribution in [0.25, 0.3) is 0 Å². The van der Waals surface area contributed by atoms with E-state index < -0.39 is 6.10 Å². The molecule has 3 aromatic carbocycles. The zero-order chi connectivity index (χ0) is 22.2. The highest BCUT2D eigenvalue weighted by atomic mass is 16.3. The third-order valence-electron chi connectivity index (χ3n) is 6.33. The monoisotopic (exact) mass is 415 g/mol. The zero-order valence-corrected chi connectivity index (χ0v) is 18.7. The lowest BCUT2D eigenvalue weighted by Crippen LogP contribution is -2.44. The number of rotatable bonds is 9. The molecule has 3 rings (SSSR count). The van der Waals surface area contributed by atoms with Crippen LogP contribution in [-0.2, 0) is 11.2 Å². The van der Waals surface area contributed by atoms with Crippen molar-refractivity contribution in [3.05, 3.63) is 108 Å². The fraction of sp³-hybridized carbons (Fsp3) is 0.321. The second-order valence-electron chi connectivity index (χ2n) is 8.27. The zero-order valence-electron chi connectivity index (χ0n) is 18.7. The molecule has 0 heterocycles. The van der Waals surface area contributed by atoms with Crippen LogP contribution in [-0.4, -0.2) is 29.0 Å². The summed E-state index contributed by atoms with van der Waals surface area (Å²) in [6.45, 7) is 4.06. The molecule has 0 saturated heterocycles. The molecule has 4 atom stereocenters. The van der Waals surface area contributed by atoms with E-state index in [1.165, 1.54) is 5.56 Å². The molecular weight excluding hydrogens is 382 g/mol. The molecule has 0 radical (unpaired) electrons. The number of likely N-dealkylation sites (N-methyl/N-ethyl adjacent to an activating group) is 1. The van der Waals surface area contributed by atoms with Crippen LogP contribution in [0, 0.1) is 5.92 Å². The number of hydrogen-bond donors (Lipinski definition) is 1. The highest BCUT2D eigenvalue weighted by molar-refractivity contribution is 5.80. The summed E-state index contributed by atoms with van der Waals surface area (Å²) in [5, 5.41) is 10.9. The topological polar surface area (TPSA) is 40.5 Å². The van der Waals surface area contributed by atoms with E-state index in [2.05, 4.69) is 31.2 Å². The van der Waals surface area contributed by atoms with E-state index in [0.29, 0.717) is 6.42 Å². The maximum absolute atomic E-state index is 13.8. The molecule has 1 N–H and O–H groups in total. The Kier molecular flexibility index (Phi) is 8.02. The summed E-state index contributed by atoms with van der Waals surface area (Å²) in [5.74, 6) is -0.0234. The first-order valence-electron chi connectivity index (χ1n) is 11.1. The Hall–Kier alpha value is -2.91. The van der Waals surface area contributed by atoms with Crippen molar-refractivity contribution >= 4 is 5.91 Å². The minimum atomic E-state index is -0.732. The van der Waals surface area contributed by atoms with E-state index in [1.807, 2.05) is 80.7 Å². The van der Waals surface area contributed by atoms with E-state index in [9.17, 15) is 9.90 Å². The molecule has 0 aromatic heterocycles. The number of benzene rings is 3. The van der Waals surface area contributed by atoms with Crippen LogP contribution in [0.5, 0.6) is 0 Å². The summed E-state index contributed by atoms with van der Waals surface area (Å²) < 4.78 is 0. The molecule has 0 bridgehead atoms. The molecule has 0 aliphatic rings. The minimum Gasteiger partial charge on any atom is -0.386 e. The maximum atomic E-state index is 13.8. The molecule has 31 heavy (non-hydrogen) atoms. The van der Waals surface area contributed by atoms with Crippen molar-refractivity contribution in [2.24, 2.45) is 5.92 Å². The summed E-state index contributed by atoms with van der Waals surface area (Å²) in [6, 6.07) is 29.7. The standard InChI is InChI=1S/C28H33NO2/c1-4-25(23-16-10-6-11-17-23)26(20-22-14-8-5-9-15-22)28(31)29(3)21(2)27(30)24-18-12-7-13-19-24/h5-19,21,25-27,30H,4,20H2,1-3H3/t21-,25-,26-,27+/m0/s1. The lowest BCUT2D eigenvalue weighted by Gasteiger charge is -2.35. The molecule has 162 valence electrons. The van der Waals surface area contributed by atoms with Gasteiger partial charge in [0.25, 0.3) is 0 Å². The lowest BCUT2D eigenvalue weighted by atomic mass is 9.79. The van der Waals surface area contributed by atoms with Crippen LogP contribution < -0.4 is 0 Å². The third-order valence-corrected chi connectivity index (χ3v) is 6.33. The lowest BCUT2D eigenvalue weighted by molar-refractivity contribution is -0.139. The van der Waals surface area contributed by atoms with Gasteiger partial charge in [0.05, 0.1) is 12.1 Å². The highest BCUT2D eigenvalue weighted by Crippen LogP contribution is 2.33. The predicted octanol–water partition coefficient (Wildman–Crippen LogP) is 5.62. The van der Waals surface area contributed by atoms with Crippen molar-refractivity contribution in [2.45, 2.75) is 44.8 Å². The molecule has 0 unspecified atom stereocenters. The van der Waals surface area contributed by atoms with E-state index in [1.54, 1.807) is 4.90 Å². The number of aliphatic hydroxyl groups excluding tert-OH is 1.